The molecule has 1 amide bonds. The van der Waals surface area contributed by atoms with E-state index in [0.29, 0.717) is 18.7 Å². The first-order valence-electron chi connectivity index (χ1n) is 5.19. The summed E-state index contributed by atoms with van der Waals surface area (Å²) in [6, 6.07) is 3.94. The standard InChI is InChI=1S/C11H16N2O3S/c12-8(6-17)11(16)13-4-3-7-1-2-9(14)10(15)5-7/h1-2,5,8,14-15,17H,3-4,6,12H2,(H,13,16)/t8-/m0/s1. The number of hydrogen-bond donors (Lipinski definition) is 5. The van der Waals surface area contributed by atoms with Crippen LogP contribution in [0.3, 0.4) is 0 Å². The van der Waals surface area contributed by atoms with Gasteiger partial charge in [-0.3, -0.25) is 4.79 Å². The Kier molecular flexibility index (Phi) is 5.11. The summed E-state index contributed by atoms with van der Waals surface area (Å²) >= 11 is 3.92. The van der Waals surface area contributed by atoms with Gasteiger partial charge in [-0.1, -0.05) is 6.07 Å². The van der Waals surface area contributed by atoms with Gasteiger partial charge in [0.2, 0.25) is 5.91 Å². The number of phenols is 2. The molecule has 6 heteroatoms. The fraction of sp³-hybridized carbons (Fsp3) is 0.364. The third-order valence-corrected chi connectivity index (χ3v) is 2.68. The van der Waals surface area contributed by atoms with Crippen LogP contribution in [0.5, 0.6) is 11.5 Å². The summed E-state index contributed by atoms with van der Waals surface area (Å²) < 4.78 is 0. The molecule has 0 fully saturated rings. The van der Waals surface area contributed by atoms with Crippen molar-refractivity contribution in [3.63, 3.8) is 0 Å². The van der Waals surface area contributed by atoms with Crippen molar-refractivity contribution in [3.8, 4) is 11.5 Å². The molecule has 1 atom stereocenters. The first kappa shape index (κ1) is 13.7. The van der Waals surface area contributed by atoms with Gasteiger partial charge < -0.3 is 21.3 Å². The van der Waals surface area contributed by atoms with Gasteiger partial charge in [-0.15, -0.1) is 0 Å². The molecule has 0 unspecified atom stereocenters. The Bertz CT molecular complexity index is 398. The molecular weight excluding hydrogens is 240 g/mol. The van der Waals surface area contributed by atoms with E-state index >= 15 is 0 Å². The van der Waals surface area contributed by atoms with Crippen molar-refractivity contribution >= 4 is 18.5 Å². The summed E-state index contributed by atoms with van der Waals surface area (Å²) in [6.45, 7) is 0.421. The minimum Gasteiger partial charge on any atom is -0.504 e. The highest BCUT2D eigenvalue weighted by Crippen LogP contribution is 2.24. The van der Waals surface area contributed by atoms with Gasteiger partial charge in [0.15, 0.2) is 11.5 Å². The van der Waals surface area contributed by atoms with Crippen molar-refractivity contribution in [3.05, 3.63) is 23.8 Å². The molecule has 5 N–H and O–H groups in total. The van der Waals surface area contributed by atoms with E-state index in [0.717, 1.165) is 5.56 Å². The largest absolute Gasteiger partial charge is 0.504 e. The van der Waals surface area contributed by atoms with Gasteiger partial charge in [-0.2, -0.15) is 12.6 Å². The average Bonchev–Trinajstić information content (AvgIpc) is 2.32. The number of thiol groups is 1. The van der Waals surface area contributed by atoms with Crippen LogP contribution in [0.4, 0.5) is 0 Å². The second-order valence-corrected chi connectivity index (χ2v) is 4.02. The van der Waals surface area contributed by atoms with Gasteiger partial charge >= 0.3 is 0 Å². The van der Waals surface area contributed by atoms with Gasteiger partial charge in [0, 0.05) is 12.3 Å². The lowest BCUT2D eigenvalue weighted by Gasteiger charge is -2.09. The highest BCUT2D eigenvalue weighted by atomic mass is 32.1. The second-order valence-electron chi connectivity index (χ2n) is 3.65. The maximum Gasteiger partial charge on any atom is 0.237 e. The first-order valence-corrected chi connectivity index (χ1v) is 5.83. The Morgan fingerprint density at radius 3 is 2.71 bits per heavy atom. The first-order chi connectivity index (χ1) is 8.04. The third kappa shape index (κ3) is 4.16. The fourth-order valence-corrected chi connectivity index (χ4v) is 1.43. The van der Waals surface area contributed by atoms with Crippen molar-refractivity contribution in [1.82, 2.24) is 5.32 Å². The fourth-order valence-electron chi connectivity index (χ4n) is 1.27. The molecule has 5 nitrogen and oxygen atoms in total. The van der Waals surface area contributed by atoms with Crippen LogP contribution in [0.15, 0.2) is 18.2 Å². The van der Waals surface area contributed by atoms with Gasteiger partial charge in [0.1, 0.15) is 0 Å². The number of nitrogens with two attached hydrogens (primary N) is 1. The summed E-state index contributed by atoms with van der Waals surface area (Å²) in [5.41, 5.74) is 6.30. The predicted molar refractivity (Wildman–Crippen MR) is 68.3 cm³/mol. The summed E-state index contributed by atoms with van der Waals surface area (Å²) in [5, 5.41) is 21.0. The zero-order valence-corrected chi connectivity index (χ0v) is 10.2. The van der Waals surface area contributed by atoms with Gasteiger partial charge in [-0.25, -0.2) is 0 Å². The minimum absolute atomic E-state index is 0.158. The van der Waals surface area contributed by atoms with Crippen LogP contribution < -0.4 is 11.1 Å². The van der Waals surface area contributed by atoms with Crippen molar-refractivity contribution in [2.75, 3.05) is 12.3 Å². The van der Waals surface area contributed by atoms with E-state index in [4.69, 9.17) is 10.8 Å². The molecule has 1 rings (SSSR count). The van der Waals surface area contributed by atoms with E-state index in [1.165, 1.54) is 12.1 Å². The Morgan fingerprint density at radius 2 is 2.12 bits per heavy atom. The number of rotatable bonds is 5. The Labute approximate surface area is 105 Å². The van der Waals surface area contributed by atoms with Crippen molar-refractivity contribution in [1.29, 1.82) is 0 Å². The van der Waals surface area contributed by atoms with Crippen LogP contribution in [-0.4, -0.2) is 34.5 Å². The van der Waals surface area contributed by atoms with E-state index in [2.05, 4.69) is 17.9 Å². The second kappa shape index (κ2) is 6.36. The number of carbonyl (C=O) groups is 1. The van der Waals surface area contributed by atoms with Crippen LogP contribution in [0.25, 0.3) is 0 Å². The molecule has 0 spiro atoms. The van der Waals surface area contributed by atoms with E-state index < -0.39 is 6.04 Å². The van der Waals surface area contributed by atoms with Crippen LogP contribution in [0.1, 0.15) is 5.56 Å². The van der Waals surface area contributed by atoms with Gasteiger partial charge in [0.25, 0.3) is 0 Å². The molecule has 0 aliphatic carbocycles. The molecule has 0 aliphatic rings. The van der Waals surface area contributed by atoms with Crippen LogP contribution in [0, 0.1) is 0 Å². The van der Waals surface area contributed by atoms with E-state index in [1.54, 1.807) is 6.07 Å². The molecule has 0 bridgehead atoms. The van der Waals surface area contributed by atoms with E-state index in [9.17, 15) is 9.90 Å². The van der Waals surface area contributed by atoms with E-state index in [-0.39, 0.29) is 17.4 Å². The minimum atomic E-state index is -0.605. The lowest BCUT2D eigenvalue weighted by Crippen LogP contribution is -2.42. The molecule has 94 valence electrons. The highest BCUT2D eigenvalue weighted by Gasteiger charge is 2.10. The molecule has 0 aliphatic heterocycles. The maximum atomic E-state index is 11.3. The molecule has 0 saturated heterocycles. The van der Waals surface area contributed by atoms with Crippen LogP contribution in [-0.2, 0) is 11.2 Å². The number of nitrogens with one attached hydrogen (secondary N) is 1. The predicted octanol–water partition coefficient (Wildman–Crippen LogP) is 0.0136. The molecular formula is C11H16N2O3S. The molecule has 0 saturated carbocycles. The summed E-state index contributed by atoms with van der Waals surface area (Å²) in [6.07, 6.45) is 0.554. The number of phenolic OH excluding ortho intramolecular Hbond substituents is 2. The number of benzene rings is 1. The molecule has 1 aromatic carbocycles. The Morgan fingerprint density at radius 1 is 1.41 bits per heavy atom. The van der Waals surface area contributed by atoms with Gasteiger partial charge in [-0.05, 0) is 24.1 Å². The van der Waals surface area contributed by atoms with Crippen LogP contribution >= 0.6 is 12.6 Å². The summed E-state index contributed by atoms with van der Waals surface area (Å²) in [4.78, 5) is 11.3. The highest BCUT2D eigenvalue weighted by molar-refractivity contribution is 7.80. The monoisotopic (exact) mass is 256 g/mol. The molecule has 1 aromatic rings. The lowest BCUT2D eigenvalue weighted by molar-refractivity contribution is -0.121. The van der Waals surface area contributed by atoms with Crippen molar-refractivity contribution in [2.45, 2.75) is 12.5 Å². The Balaban J connectivity index is 2.41. The topological polar surface area (TPSA) is 95.6 Å². The zero-order chi connectivity index (χ0) is 12.8. The summed E-state index contributed by atoms with van der Waals surface area (Å²) in [7, 11) is 0. The lowest BCUT2D eigenvalue weighted by atomic mass is 10.1. The maximum absolute atomic E-state index is 11.3. The quantitative estimate of drug-likeness (QED) is 0.379. The van der Waals surface area contributed by atoms with Gasteiger partial charge in [0.05, 0.1) is 6.04 Å². The Hall–Kier alpha value is -1.40. The SMILES string of the molecule is N[C@@H](CS)C(=O)NCCc1ccc(O)c(O)c1. The van der Waals surface area contributed by atoms with Crippen molar-refractivity contribution < 1.29 is 15.0 Å². The smallest absolute Gasteiger partial charge is 0.237 e. The summed E-state index contributed by atoms with van der Waals surface area (Å²) in [5.74, 6) is -0.273. The van der Waals surface area contributed by atoms with Crippen molar-refractivity contribution in [2.24, 2.45) is 5.73 Å². The normalized spacial score (nSPS) is 12.1. The molecule has 0 aromatic heterocycles. The molecule has 0 radical (unpaired) electrons. The number of carbonyl (C=O) groups excluding carboxylic acids is 1. The molecule has 0 heterocycles. The average molecular weight is 256 g/mol. The van der Waals surface area contributed by atoms with Crippen LogP contribution in [0.2, 0.25) is 0 Å². The third-order valence-electron chi connectivity index (χ3n) is 2.29. The zero-order valence-electron chi connectivity index (χ0n) is 9.26. The number of aromatic hydroxyl groups is 2. The number of amides is 1. The number of hydrogen-bond acceptors (Lipinski definition) is 5. The molecule has 17 heavy (non-hydrogen) atoms. The van der Waals surface area contributed by atoms with E-state index in [1.807, 2.05) is 0 Å².